The number of rotatable bonds is 13. The van der Waals surface area contributed by atoms with E-state index < -0.39 is 23.2 Å². The Morgan fingerprint density at radius 1 is 0.583 bits per heavy atom. The van der Waals surface area contributed by atoms with Crippen LogP contribution in [0.25, 0.3) is 77.0 Å². The molecule has 534 valence electrons. The van der Waals surface area contributed by atoms with E-state index in [1.807, 2.05) is 195 Å². The molecule has 108 heavy (non-hydrogen) atoms. The minimum Gasteiger partial charge on any atom is -0.468 e. The van der Waals surface area contributed by atoms with Gasteiger partial charge in [0.2, 0.25) is 5.78 Å². The fourth-order valence-electron chi connectivity index (χ4n) is 11.7. The number of H-pyrrole nitrogens is 1. The van der Waals surface area contributed by atoms with E-state index >= 15 is 0 Å². The molecule has 0 fully saturated rings. The maximum atomic E-state index is 13.9. The molecule has 2 unspecified atom stereocenters. The minimum absolute atomic E-state index is 0.112. The average molecular weight is 1520 g/mol. The van der Waals surface area contributed by atoms with Crippen molar-refractivity contribution in [1.82, 2.24) is 29.9 Å². The fraction of sp³-hybridized carbons (Fsp3) is 0.0795. The molecule has 0 amide bonds. The molecule has 4 aromatic heterocycles. The summed E-state index contributed by atoms with van der Waals surface area (Å²) in [6, 6.07) is 87.3. The van der Waals surface area contributed by atoms with Gasteiger partial charge >= 0.3 is 12.0 Å². The van der Waals surface area contributed by atoms with Crippen LogP contribution in [0.3, 0.4) is 0 Å². The lowest BCUT2D eigenvalue weighted by molar-refractivity contribution is -0.145. The van der Waals surface area contributed by atoms with Gasteiger partial charge in [0.1, 0.15) is 17.4 Å². The number of Topliss-reactive ketones (excluding diaryl/α,β-unsaturated/α-hetero) is 2. The second-order valence-corrected chi connectivity index (χ2v) is 26.3. The molecule has 0 aliphatic carbocycles. The number of aromatic nitrogens is 6. The average Bonchev–Trinajstić information content (AvgIpc) is 1.58. The Bertz CT molecular complexity index is 5600. The van der Waals surface area contributed by atoms with Crippen molar-refractivity contribution >= 4 is 120 Å². The Balaban J connectivity index is 0.000000147. The van der Waals surface area contributed by atoms with Crippen LogP contribution in [0.5, 0.6) is 0 Å². The number of carbonyl (C=O) groups excluding carboxylic acids is 5. The van der Waals surface area contributed by atoms with Crippen LogP contribution < -0.4 is 5.73 Å². The van der Waals surface area contributed by atoms with Crippen LogP contribution in [0.15, 0.2) is 297 Å². The van der Waals surface area contributed by atoms with Crippen molar-refractivity contribution in [2.24, 2.45) is 0 Å². The molecule has 0 radical (unpaired) electrons. The van der Waals surface area contributed by atoms with Gasteiger partial charge in [0, 0.05) is 88.6 Å². The van der Waals surface area contributed by atoms with Gasteiger partial charge in [0.15, 0.2) is 5.82 Å². The Morgan fingerprint density at radius 3 is 1.58 bits per heavy atom. The van der Waals surface area contributed by atoms with Crippen molar-refractivity contribution in [3.8, 4) is 50.8 Å². The molecule has 0 spiro atoms. The first kappa shape index (κ1) is 78.2. The van der Waals surface area contributed by atoms with Crippen LogP contribution in [-0.2, 0) is 27.2 Å². The number of hydrogen-bond acceptors (Lipinski definition) is 12. The molecule has 14 aromatic rings. The summed E-state index contributed by atoms with van der Waals surface area (Å²) in [7, 11) is 1.28. The highest BCUT2D eigenvalue weighted by atomic mass is 35.5. The minimum atomic E-state index is -0.861. The number of anilines is 1. The van der Waals surface area contributed by atoms with Crippen molar-refractivity contribution in [2.75, 3.05) is 12.8 Å². The molecule has 15 rings (SSSR count). The maximum absolute atomic E-state index is 13.9. The summed E-state index contributed by atoms with van der Waals surface area (Å²) in [4.78, 5) is 71.8. The summed E-state index contributed by atoms with van der Waals surface area (Å²) in [6.45, 7) is 10.6. The molecular weight excluding hydrogens is 1460 g/mol. The zero-order chi connectivity index (χ0) is 76.6. The van der Waals surface area contributed by atoms with Crippen molar-refractivity contribution < 1.29 is 28.7 Å². The fourth-order valence-corrected chi connectivity index (χ4v) is 12.3. The first-order chi connectivity index (χ1) is 52.3. The number of esters is 1. The first-order valence-corrected chi connectivity index (χ1v) is 35.4. The summed E-state index contributed by atoms with van der Waals surface area (Å²) in [5.41, 5.74) is 22.2. The molecule has 0 saturated carbocycles. The zero-order valence-electron chi connectivity index (χ0n) is 58.3. The number of methoxy groups -OCH3 is 1. The van der Waals surface area contributed by atoms with E-state index in [4.69, 9.17) is 80.7 Å². The van der Waals surface area contributed by atoms with Gasteiger partial charge in [0.05, 0.1) is 47.6 Å². The number of carbonyl (C=O) groups is 5. The lowest BCUT2D eigenvalue weighted by Gasteiger charge is -2.20. The third-order valence-electron chi connectivity index (χ3n) is 16.9. The molecule has 15 nitrogen and oxygen atoms in total. The largest absolute Gasteiger partial charge is 0.468 e. The number of allylic oxidation sites excluding steroid dienone is 2. The quantitative estimate of drug-likeness (QED) is 0.0362. The van der Waals surface area contributed by atoms with Crippen molar-refractivity contribution in [3.63, 3.8) is 0 Å². The molecule has 5 heterocycles. The van der Waals surface area contributed by atoms with Gasteiger partial charge in [-0.15, -0.1) is 0 Å². The van der Waals surface area contributed by atoms with Crippen LogP contribution in [-0.4, -0.2) is 65.7 Å². The highest BCUT2D eigenvalue weighted by Gasteiger charge is 2.32. The number of nitrogen functional groups attached to an aromatic ring is 1. The van der Waals surface area contributed by atoms with Gasteiger partial charge in [-0.3, -0.25) is 43.9 Å². The number of aromatic amines is 1. The molecule has 20 heteroatoms. The van der Waals surface area contributed by atoms with Gasteiger partial charge in [-0.1, -0.05) is 222 Å². The van der Waals surface area contributed by atoms with E-state index in [1.165, 1.54) is 14.0 Å². The number of pyridine rings is 2. The Labute approximate surface area is 649 Å². The lowest BCUT2D eigenvalue weighted by Crippen LogP contribution is -2.23. The van der Waals surface area contributed by atoms with Crippen LogP contribution in [0.4, 0.5) is 5.82 Å². The van der Waals surface area contributed by atoms with E-state index in [9.17, 15) is 24.0 Å². The number of benzene rings is 10. The Hall–Kier alpha value is -12.4. The Kier molecular flexibility index (Phi) is 27.5. The van der Waals surface area contributed by atoms with Crippen molar-refractivity contribution in [3.05, 3.63) is 368 Å². The number of halogens is 5. The van der Waals surface area contributed by atoms with E-state index in [0.29, 0.717) is 66.6 Å². The van der Waals surface area contributed by atoms with E-state index in [2.05, 4.69) is 47.9 Å². The molecular formula is C88H66Cl5N9O6. The highest BCUT2D eigenvalue weighted by molar-refractivity contribution is 6.67. The lowest BCUT2D eigenvalue weighted by atomic mass is 9.90. The third kappa shape index (κ3) is 20.1. The normalized spacial score (nSPS) is 11.6. The van der Waals surface area contributed by atoms with Gasteiger partial charge in [-0.05, 0) is 162 Å². The maximum Gasteiger partial charge on any atom is 0.320 e. The number of fused-ring (bicyclic) bond motifs is 3. The molecule has 10 aromatic carbocycles. The molecule has 1 aliphatic rings. The van der Waals surface area contributed by atoms with E-state index in [0.717, 1.165) is 89.0 Å². The Morgan fingerprint density at radius 2 is 1.06 bits per heavy atom. The molecule has 2 atom stereocenters. The number of nitrogens with two attached hydrogens (primary N) is 1. The topological polar surface area (TPSA) is 221 Å². The van der Waals surface area contributed by atoms with Crippen LogP contribution in [0.1, 0.15) is 79.3 Å². The van der Waals surface area contributed by atoms with Crippen LogP contribution in [0, 0.1) is 17.9 Å². The molecule has 0 saturated heterocycles. The van der Waals surface area contributed by atoms with Crippen LogP contribution >= 0.6 is 58.0 Å². The van der Waals surface area contributed by atoms with Gasteiger partial charge < -0.3 is 10.5 Å². The molecule has 1 aliphatic heterocycles. The predicted molar refractivity (Wildman–Crippen MR) is 432 cm³/mol. The van der Waals surface area contributed by atoms with E-state index in [1.54, 1.807) is 95.9 Å². The van der Waals surface area contributed by atoms with E-state index in [-0.39, 0.29) is 17.5 Å². The van der Waals surface area contributed by atoms with Crippen molar-refractivity contribution in [2.45, 2.75) is 38.6 Å². The number of ketones is 2. The predicted octanol–water partition coefficient (Wildman–Crippen LogP) is 21.8. The zero-order valence-corrected chi connectivity index (χ0v) is 62.1. The smallest absolute Gasteiger partial charge is 0.320 e. The number of nitrogens with one attached hydrogen (secondary N) is 1. The number of nitrogens with zero attached hydrogens (tertiary/aromatic N) is 7. The highest BCUT2D eigenvalue weighted by Crippen LogP contribution is 2.41. The summed E-state index contributed by atoms with van der Waals surface area (Å²) in [5, 5.41) is 24.2. The summed E-state index contributed by atoms with van der Waals surface area (Å²) < 4.78 is 6.25. The van der Waals surface area contributed by atoms with Crippen molar-refractivity contribution in [1.29, 1.82) is 5.26 Å². The summed E-state index contributed by atoms with van der Waals surface area (Å²) in [6.07, 6.45) is 4.63. The second kappa shape index (κ2) is 38.0. The number of ether oxygens (including phenoxy) is 1. The third-order valence-corrected chi connectivity index (χ3v) is 18.2. The van der Waals surface area contributed by atoms with Gasteiger partial charge in [0.25, 0.3) is 11.1 Å². The SMILES string of the molecule is CC1=C(c2ccc3ncccc3c2)C(=O)n2nc(-c3ccc(Cl)cc3)c(-c3ccccc3)c2C1.COC(=O)C(C(C)=O)c1ccc2ncccc2c1.N#CCc1ccccc1.Nc1n[nH]c(-c2ccc(Cl)cc2)c1-c1ccccc1.O=C(Cl)c1ccc(Cl)cc1.[C-]#[N+]C(C(=O)c1ccc(Cl)cc1)c1ccccc1. The first-order valence-electron chi connectivity index (χ1n) is 33.5. The number of hydrogen-bond donors (Lipinski definition) is 2. The number of nitriles is 1. The molecule has 0 bridgehead atoms. The molecule has 3 N–H and O–H groups in total. The van der Waals surface area contributed by atoms with Gasteiger partial charge in [-0.2, -0.15) is 20.1 Å². The standard InChI is InChI=1S/C29H20ClN3O.C15H12ClN3.C15H10ClNO.C14H13NO3.C8H7N.C7H4Cl2O/c1-18-16-25-27(19-6-3-2-4-7-19)28(20-9-12-23(30)13-10-20)32-33(25)29(34)26(18)22-11-14-24-21(17-22)8-5-15-31-24;16-12-8-6-11(7-9-12)14-13(15(17)19-18-14)10-4-2-1-3-5-10;1-17-14(11-5-3-2-4-6-11)15(18)12-7-9-13(16)10-8-12;1-9(16)13(14(17)18-2)11-5-6-12-10(8-11)4-3-7-15-12;9-7-6-8-4-2-1-3-5-8;8-6-3-1-5(2-4-6)7(9)10/h2-15,17H,16H2,1H3;1-9H,(H3,17,18,19);2-10,14H;3-8,13H,1-2H3;1-5H,6H2;1-4H. The summed E-state index contributed by atoms with van der Waals surface area (Å²) in [5.74, 6) is -1.45. The van der Waals surface area contributed by atoms with Crippen LogP contribution in [0.2, 0.25) is 20.1 Å². The second-order valence-electron chi connectivity index (χ2n) is 24.2. The summed E-state index contributed by atoms with van der Waals surface area (Å²) >= 11 is 28.6. The van der Waals surface area contributed by atoms with Gasteiger partial charge in [-0.25, -0.2) is 6.57 Å². The monoisotopic (exact) mass is 1520 g/mol.